The van der Waals surface area contributed by atoms with E-state index in [2.05, 4.69) is 35.8 Å². The van der Waals surface area contributed by atoms with E-state index >= 15 is 0 Å². The Hall–Kier alpha value is -2.77. The first kappa shape index (κ1) is 23.5. The minimum absolute atomic E-state index is 0.0599. The topological polar surface area (TPSA) is 106 Å². The monoisotopic (exact) mass is 424 g/mol. The summed E-state index contributed by atoms with van der Waals surface area (Å²) in [6.45, 7) is 9.60. The summed E-state index contributed by atoms with van der Waals surface area (Å²) >= 11 is 1.12. The van der Waals surface area contributed by atoms with Gasteiger partial charge in [0.15, 0.2) is 0 Å². The van der Waals surface area contributed by atoms with Crippen LogP contribution in [-0.2, 0) is 16.0 Å². The number of amides is 2. The van der Waals surface area contributed by atoms with Gasteiger partial charge in [0.05, 0.1) is 34.5 Å². The Morgan fingerprint density at radius 2 is 1.90 bits per heavy atom. The van der Waals surface area contributed by atoms with Crippen molar-refractivity contribution in [2.24, 2.45) is 17.3 Å². The Balaban J connectivity index is 2.13. The van der Waals surface area contributed by atoms with Gasteiger partial charge in [-0.3, -0.25) is 9.59 Å². The molecule has 0 radical (unpaired) electrons. The number of nitriles is 2. The third-order valence-corrected chi connectivity index (χ3v) is 6.41. The van der Waals surface area contributed by atoms with Gasteiger partial charge in [-0.25, -0.2) is 0 Å². The summed E-state index contributed by atoms with van der Waals surface area (Å²) in [7, 11) is 0. The minimum atomic E-state index is -0.943. The van der Waals surface area contributed by atoms with Crippen LogP contribution in [0.2, 0.25) is 0 Å². The van der Waals surface area contributed by atoms with Crippen molar-refractivity contribution >= 4 is 23.6 Å². The molecule has 0 aromatic heterocycles. The number of thioether (sulfide) groups is 1. The Labute approximate surface area is 182 Å². The molecular formula is C23H28N4O2S. The van der Waals surface area contributed by atoms with Crippen LogP contribution in [0.4, 0.5) is 0 Å². The number of aryl methyl sites for hydroxylation is 1. The first-order chi connectivity index (χ1) is 14.1. The third kappa shape index (κ3) is 5.04. The number of nitrogens with one attached hydrogen (secondary N) is 2. The molecule has 2 N–H and O–H groups in total. The summed E-state index contributed by atoms with van der Waals surface area (Å²) in [6.07, 6.45) is 0.959. The zero-order chi connectivity index (χ0) is 22.5. The van der Waals surface area contributed by atoms with Crippen LogP contribution in [0.25, 0.3) is 0 Å². The summed E-state index contributed by atoms with van der Waals surface area (Å²) in [4.78, 5) is 24.9. The number of hydrogen-bond donors (Lipinski definition) is 2. The maximum absolute atomic E-state index is 12.7. The second-order valence-corrected chi connectivity index (χ2v) is 9.25. The van der Waals surface area contributed by atoms with Crippen molar-refractivity contribution in [3.05, 3.63) is 46.0 Å². The molecule has 1 aliphatic heterocycles. The highest BCUT2D eigenvalue weighted by atomic mass is 32.2. The standard InChI is InChI=1S/C23H28N4O2S/c1-6-15-7-9-16(10-8-15)20(14(2)3)26-19(28)13-30-22-18(12-25)23(4,5)17(11-24)21(29)27-22/h7-10,14,17,20H,6,13H2,1-5H3,(H,26,28)(H,27,29)/t17-,20-/m1/s1. The minimum Gasteiger partial charge on any atom is -0.348 e. The molecule has 158 valence electrons. The molecule has 0 spiro atoms. The average molecular weight is 425 g/mol. The van der Waals surface area contributed by atoms with E-state index in [1.54, 1.807) is 13.8 Å². The SMILES string of the molecule is CCc1ccc([C@H](NC(=O)CSC2=C(C#N)C(C)(C)[C@H](C#N)C(=O)N2)C(C)C)cc1. The summed E-state index contributed by atoms with van der Waals surface area (Å²) in [6, 6.07) is 12.2. The zero-order valence-electron chi connectivity index (χ0n) is 18.1. The predicted molar refractivity (Wildman–Crippen MR) is 118 cm³/mol. The van der Waals surface area contributed by atoms with Crippen molar-refractivity contribution in [1.29, 1.82) is 10.5 Å². The molecule has 2 amide bonds. The van der Waals surface area contributed by atoms with Gasteiger partial charge in [0, 0.05) is 5.41 Å². The number of hydrogen-bond acceptors (Lipinski definition) is 5. The molecule has 1 heterocycles. The van der Waals surface area contributed by atoms with Crippen LogP contribution in [0.5, 0.6) is 0 Å². The molecular weight excluding hydrogens is 396 g/mol. The van der Waals surface area contributed by atoms with Crippen LogP contribution < -0.4 is 10.6 Å². The molecule has 2 atom stereocenters. The normalized spacial score (nSPS) is 18.9. The van der Waals surface area contributed by atoms with E-state index in [0.717, 1.165) is 23.7 Å². The van der Waals surface area contributed by atoms with Crippen LogP contribution in [0.3, 0.4) is 0 Å². The second kappa shape index (κ2) is 9.82. The van der Waals surface area contributed by atoms with Gasteiger partial charge in [-0.05, 0) is 23.5 Å². The Kier molecular flexibility index (Phi) is 7.70. The molecule has 7 heteroatoms. The van der Waals surface area contributed by atoms with E-state index in [1.165, 1.54) is 5.56 Å². The van der Waals surface area contributed by atoms with E-state index in [4.69, 9.17) is 0 Å². The fourth-order valence-corrected chi connectivity index (χ4v) is 4.47. The van der Waals surface area contributed by atoms with Crippen molar-refractivity contribution in [3.63, 3.8) is 0 Å². The van der Waals surface area contributed by atoms with Gasteiger partial charge in [-0.15, -0.1) is 0 Å². The van der Waals surface area contributed by atoms with Gasteiger partial charge in [0.2, 0.25) is 11.8 Å². The average Bonchev–Trinajstić information content (AvgIpc) is 2.70. The summed E-state index contributed by atoms with van der Waals surface area (Å²) < 4.78 is 0. The number of nitrogens with zero attached hydrogens (tertiary/aromatic N) is 2. The van der Waals surface area contributed by atoms with Crippen LogP contribution in [-0.4, -0.2) is 17.6 Å². The molecule has 6 nitrogen and oxygen atoms in total. The Morgan fingerprint density at radius 3 is 2.40 bits per heavy atom. The third-order valence-electron chi connectivity index (χ3n) is 5.41. The highest BCUT2D eigenvalue weighted by molar-refractivity contribution is 8.03. The van der Waals surface area contributed by atoms with E-state index in [-0.39, 0.29) is 23.6 Å². The van der Waals surface area contributed by atoms with Gasteiger partial charge < -0.3 is 10.6 Å². The van der Waals surface area contributed by atoms with Gasteiger partial charge >= 0.3 is 0 Å². The van der Waals surface area contributed by atoms with E-state index in [9.17, 15) is 20.1 Å². The fourth-order valence-electron chi connectivity index (χ4n) is 3.48. The summed E-state index contributed by atoms with van der Waals surface area (Å²) in [5.41, 5.74) is 1.69. The maximum Gasteiger partial charge on any atom is 0.243 e. The molecule has 30 heavy (non-hydrogen) atoms. The van der Waals surface area contributed by atoms with Gasteiger partial charge in [0.1, 0.15) is 5.92 Å². The van der Waals surface area contributed by atoms with Crippen molar-refractivity contribution in [3.8, 4) is 12.1 Å². The smallest absolute Gasteiger partial charge is 0.243 e. The molecule has 0 saturated carbocycles. The van der Waals surface area contributed by atoms with E-state index in [1.807, 2.05) is 32.0 Å². The second-order valence-electron chi connectivity index (χ2n) is 8.26. The van der Waals surface area contributed by atoms with Gasteiger partial charge in [-0.1, -0.05) is 70.6 Å². The molecule has 1 aromatic carbocycles. The van der Waals surface area contributed by atoms with Crippen molar-refractivity contribution < 1.29 is 9.59 Å². The predicted octanol–water partition coefficient (Wildman–Crippen LogP) is 3.83. The lowest BCUT2D eigenvalue weighted by molar-refractivity contribution is -0.125. The van der Waals surface area contributed by atoms with Crippen molar-refractivity contribution in [2.75, 3.05) is 5.75 Å². The Bertz CT molecular complexity index is 920. The molecule has 1 aliphatic rings. The lowest BCUT2D eigenvalue weighted by atomic mass is 9.72. The lowest BCUT2D eigenvalue weighted by Crippen LogP contribution is -2.44. The molecule has 2 rings (SSSR count). The van der Waals surface area contributed by atoms with Crippen LogP contribution >= 0.6 is 11.8 Å². The van der Waals surface area contributed by atoms with Gasteiger partial charge in [-0.2, -0.15) is 10.5 Å². The first-order valence-electron chi connectivity index (χ1n) is 10.0. The van der Waals surface area contributed by atoms with Crippen molar-refractivity contribution in [2.45, 2.75) is 47.1 Å². The van der Waals surface area contributed by atoms with Gasteiger partial charge in [0.25, 0.3) is 0 Å². The first-order valence-corrected chi connectivity index (χ1v) is 11.0. The number of rotatable bonds is 7. The molecule has 0 fully saturated rings. The lowest BCUT2D eigenvalue weighted by Gasteiger charge is -2.34. The summed E-state index contributed by atoms with van der Waals surface area (Å²) in [5.74, 6) is -1.31. The summed E-state index contributed by atoms with van der Waals surface area (Å²) in [5, 5.41) is 24.9. The molecule has 0 aliphatic carbocycles. The molecule has 1 aromatic rings. The van der Waals surface area contributed by atoms with Crippen LogP contribution in [0.1, 0.15) is 51.8 Å². The van der Waals surface area contributed by atoms with Crippen molar-refractivity contribution in [1.82, 2.24) is 10.6 Å². The molecule has 0 unspecified atom stereocenters. The number of carbonyl (C=O) groups excluding carboxylic acids is 2. The van der Waals surface area contributed by atoms with E-state index in [0.29, 0.717) is 10.6 Å². The quantitative estimate of drug-likeness (QED) is 0.692. The number of benzene rings is 1. The maximum atomic E-state index is 12.7. The molecule has 0 bridgehead atoms. The number of allylic oxidation sites excluding steroid dienone is 1. The highest BCUT2D eigenvalue weighted by Crippen LogP contribution is 2.41. The Morgan fingerprint density at radius 1 is 1.27 bits per heavy atom. The number of carbonyl (C=O) groups is 2. The largest absolute Gasteiger partial charge is 0.348 e. The highest BCUT2D eigenvalue weighted by Gasteiger charge is 2.44. The molecule has 0 saturated heterocycles. The zero-order valence-corrected chi connectivity index (χ0v) is 18.9. The van der Waals surface area contributed by atoms with Crippen LogP contribution in [0, 0.1) is 39.9 Å². The van der Waals surface area contributed by atoms with E-state index < -0.39 is 17.2 Å². The van der Waals surface area contributed by atoms with Crippen LogP contribution in [0.15, 0.2) is 34.9 Å². The fraction of sp³-hybridized carbons (Fsp3) is 0.478.